The Labute approximate surface area is 137 Å². The van der Waals surface area contributed by atoms with Crippen LogP contribution in [0.2, 0.25) is 0 Å². The fraction of sp³-hybridized carbons (Fsp3) is 0.111. The lowest BCUT2D eigenvalue weighted by Crippen LogP contribution is -2.13. The molecule has 0 N–H and O–H groups in total. The highest BCUT2D eigenvalue weighted by Crippen LogP contribution is 2.20. The molecule has 0 aliphatic rings. The van der Waals surface area contributed by atoms with E-state index in [-0.39, 0.29) is 17.1 Å². The largest absolute Gasteiger partial charge is 0.496 e. The summed E-state index contributed by atoms with van der Waals surface area (Å²) in [5, 5.41) is 0. The van der Waals surface area contributed by atoms with Crippen molar-refractivity contribution in [3.8, 4) is 5.75 Å². The zero-order chi connectivity index (χ0) is 17.5. The summed E-state index contributed by atoms with van der Waals surface area (Å²) < 4.78 is 35.8. The molecule has 4 nitrogen and oxygen atoms in total. The van der Waals surface area contributed by atoms with Crippen molar-refractivity contribution in [3.63, 3.8) is 0 Å². The summed E-state index contributed by atoms with van der Waals surface area (Å²) in [6, 6.07) is 8.98. The van der Waals surface area contributed by atoms with Gasteiger partial charge in [0.1, 0.15) is 17.4 Å². The maximum atomic E-state index is 13.2. The van der Waals surface area contributed by atoms with E-state index in [1.165, 1.54) is 43.5 Å². The summed E-state index contributed by atoms with van der Waals surface area (Å²) >= 11 is 0. The van der Waals surface area contributed by atoms with Gasteiger partial charge in [-0.25, -0.2) is 13.6 Å². The Kier molecular flexibility index (Phi) is 5.78. The van der Waals surface area contributed by atoms with E-state index >= 15 is 0 Å². The fourth-order valence-electron chi connectivity index (χ4n) is 1.90. The van der Waals surface area contributed by atoms with Gasteiger partial charge in [0.05, 0.1) is 12.7 Å². The van der Waals surface area contributed by atoms with Crippen LogP contribution in [0.3, 0.4) is 0 Å². The molecule has 0 saturated carbocycles. The molecular formula is C18H14F2O4. The highest BCUT2D eigenvalue weighted by atomic mass is 19.1. The molecule has 0 unspecified atom stereocenters. The van der Waals surface area contributed by atoms with Gasteiger partial charge in [-0.3, -0.25) is 4.79 Å². The molecule has 0 aromatic heterocycles. The predicted molar refractivity (Wildman–Crippen MR) is 83.7 cm³/mol. The average molecular weight is 332 g/mol. The molecule has 124 valence electrons. The number of hydrogen-bond donors (Lipinski definition) is 0. The van der Waals surface area contributed by atoms with Gasteiger partial charge in [-0.15, -0.1) is 0 Å². The van der Waals surface area contributed by atoms with Gasteiger partial charge in [-0.1, -0.05) is 12.1 Å². The van der Waals surface area contributed by atoms with Crippen molar-refractivity contribution in [1.29, 1.82) is 0 Å². The fourth-order valence-corrected chi connectivity index (χ4v) is 1.90. The van der Waals surface area contributed by atoms with E-state index in [9.17, 15) is 18.4 Å². The van der Waals surface area contributed by atoms with E-state index in [1.54, 1.807) is 0 Å². The van der Waals surface area contributed by atoms with Gasteiger partial charge in [0.2, 0.25) is 5.78 Å². The maximum Gasteiger partial charge on any atom is 0.331 e. The first kappa shape index (κ1) is 17.3. The summed E-state index contributed by atoms with van der Waals surface area (Å²) in [4.78, 5) is 23.6. The Morgan fingerprint density at radius 3 is 2.38 bits per heavy atom. The van der Waals surface area contributed by atoms with Crippen LogP contribution in [0.1, 0.15) is 15.9 Å². The Morgan fingerprint density at radius 1 is 1.04 bits per heavy atom. The number of carbonyl (C=O) groups is 2. The molecule has 0 aliphatic carbocycles. The quantitative estimate of drug-likeness (QED) is 0.462. The van der Waals surface area contributed by atoms with Gasteiger partial charge in [0.25, 0.3) is 0 Å². The van der Waals surface area contributed by atoms with Gasteiger partial charge in [0, 0.05) is 6.08 Å². The molecule has 2 rings (SSSR count). The van der Waals surface area contributed by atoms with Crippen molar-refractivity contribution in [2.75, 3.05) is 13.7 Å². The molecule has 0 fully saturated rings. The third kappa shape index (κ3) is 4.74. The van der Waals surface area contributed by atoms with Gasteiger partial charge < -0.3 is 9.47 Å². The second kappa shape index (κ2) is 8.01. The monoisotopic (exact) mass is 332 g/mol. The molecule has 0 heterocycles. The number of halogens is 2. The molecule has 0 saturated heterocycles. The Balaban J connectivity index is 1.95. The summed E-state index contributed by atoms with van der Waals surface area (Å²) in [5.74, 6) is -2.12. The van der Waals surface area contributed by atoms with Crippen molar-refractivity contribution in [2.24, 2.45) is 0 Å². The summed E-state index contributed by atoms with van der Waals surface area (Å²) in [5.41, 5.74) is 0.597. The zero-order valence-electron chi connectivity index (χ0n) is 12.8. The molecule has 0 atom stereocenters. The van der Waals surface area contributed by atoms with Crippen LogP contribution < -0.4 is 4.74 Å². The molecule has 24 heavy (non-hydrogen) atoms. The number of hydrogen-bond acceptors (Lipinski definition) is 4. The molecule has 0 spiro atoms. The number of esters is 1. The maximum absolute atomic E-state index is 13.2. The zero-order valence-corrected chi connectivity index (χ0v) is 12.8. The molecule has 0 radical (unpaired) electrons. The number of ketones is 1. The average Bonchev–Trinajstić information content (AvgIpc) is 2.59. The normalized spacial score (nSPS) is 10.6. The first-order valence-electron chi connectivity index (χ1n) is 6.97. The minimum atomic E-state index is -0.747. The Hall–Kier alpha value is -3.02. The van der Waals surface area contributed by atoms with Gasteiger partial charge in [-0.2, -0.15) is 0 Å². The van der Waals surface area contributed by atoms with Crippen LogP contribution in [0.15, 0.2) is 48.5 Å². The van der Waals surface area contributed by atoms with E-state index in [1.807, 2.05) is 0 Å². The molecule has 0 aliphatic heterocycles. The first-order chi connectivity index (χ1) is 11.5. The molecule has 2 aromatic carbocycles. The number of ether oxygens (including phenoxy) is 2. The molecular weight excluding hydrogens is 318 g/mol. The van der Waals surface area contributed by atoms with Crippen LogP contribution >= 0.6 is 0 Å². The van der Waals surface area contributed by atoms with Crippen molar-refractivity contribution in [3.05, 3.63) is 71.3 Å². The van der Waals surface area contributed by atoms with Crippen LogP contribution in [0, 0.1) is 11.6 Å². The lowest BCUT2D eigenvalue weighted by molar-refractivity contribution is -0.136. The van der Waals surface area contributed by atoms with Crippen LogP contribution in [-0.2, 0) is 9.53 Å². The van der Waals surface area contributed by atoms with Crippen LogP contribution in [0.5, 0.6) is 5.75 Å². The van der Waals surface area contributed by atoms with Crippen LogP contribution in [-0.4, -0.2) is 25.5 Å². The number of benzene rings is 2. The highest BCUT2D eigenvalue weighted by molar-refractivity contribution is 6.01. The first-order valence-corrected chi connectivity index (χ1v) is 6.97. The molecule has 6 heteroatoms. The van der Waals surface area contributed by atoms with E-state index in [0.717, 1.165) is 18.2 Å². The van der Waals surface area contributed by atoms with Crippen molar-refractivity contribution >= 4 is 17.8 Å². The van der Waals surface area contributed by atoms with Gasteiger partial charge >= 0.3 is 5.97 Å². The highest BCUT2D eigenvalue weighted by Gasteiger charge is 2.15. The minimum absolute atomic E-state index is 0.00665. The SMILES string of the molecule is COc1ccc(F)cc1C(=O)COC(=O)/C=C/c1ccc(F)cc1. The van der Waals surface area contributed by atoms with E-state index in [2.05, 4.69) is 0 Å². The van der Waals surface area contributed by atoms with Crippen molar-refractivity contribution < 1.29 is 27.8 Å². The third-order valence-corrected chi connectivity index (χ3v) is 3.09. The Morgan fingerprint density at radius 2 is 1.71 bits per heavy atom. The Bertz CT molecular complexity index is 767. The van der Waals surface area contributed by atoms with Gasteiger partial charge in [-0.05, 0) is 42.0 Å². The molecule has 0 amide bonds. The lowest BCUT2D eigenvalue weighted by Gasteiger charge is -2.07. The van der Waals surface area contributed by atoms with E-state index < -0.39 is 24.2 Å². The smallest absolute Gasteiger partial charge is 0.331 e. The lowest BCUT2D eigenvalue weighted by atomic mass is 10.1. The summed E-state index contributed by atoms with van der Waals surface area (Å²) in [7, 11) is 1.35. The third-order valence-electron chi connectivity index (χ3n) is 3.09. The predicted octanol–water partition coefficient (Wildman–Crippen LogP) is 3.41. The van der Waals surface area contributed by atoms with Crippen LogP contribution in [0.4, 0.5) is 8.78 Å². The summed E-state index contributed by atoms with van der Waals surface area (Å²) in [6.45, 7) is -0.549. The topological polar surface area (TPSA) is 52.6 Å². The van der Waals surface area contributed by atoms with Crippen LogP contribution in [0.25, 0.3) is 6.08 Å². The van der Waals surface area contributed by atoms with Crippen molar-refractivity contribution in [2.45, 2.75) is 0 Å². The van der Waals surface area contributed by atoms with E-state index in [4.69, 9.17) is 9.47 Å². The second-order valence-electron chi connectivity index (χ2n) is 4.76. The summed E-state index contributed by atoms with van der Waals surface area (Å²) in [6.07, 6.45) is 2.54. The minimum Gasteiger partial charge on any atom is -0.496 e. The number of methoxy groups -OCH3 is 1. The van der Waals surface area contributed by atoms with Crippen molar-refractivity contribution in [1.82, 2.24) is 0 Å². The molecule has 2 aromatic rings. The number of Topliss-reactive ketones (excluding diaryl/α,β-unsaturated/α-hetero) is 1. The second-order valence-corrected chi connectivity index (χ2v) is 4.76. The number of rotatable bonds is 6. The number of carbonyl (C=O) groups excluding carboxylic acids is 2. The standard InChI is InChI=1S/C18H14F2O4/c1-23-17-8-7-14(20)10-15(17)16(21)11-24-18(22)9-4-12-2-5-13(19)6-3-12/h2-10H,11H2,1H3/b9-4+. The van der Waals surface area contributed by atoms with E-state index in [0.29, 0.717) is 5.56 Å². The van der Waals surface area contributed by atoms with Gasteiger partial charge in [0.15, 0.2) is 6.61 Å². The molecule has 0 bridgehead atoms.